The molecule has 0 aromatic heterocycles. The van der Waals surface area contributed by atoms with Gasteiger partial charge >= 0.3 is 0 Å². The number of carbonyl (C=O) groups excluding carboxylic acids is 3. The Bertz CT molecular complexity index is 1690. The number of nitro benzene ring substituents is 1. The molecule has 1 atom stereocenters. The monoisotopic (exact) mass is 624 g/mol. The van der Waals surface area contributed by atoms with Crippen molar-refractivity contribution in [2.45, 2.75) is 30.4 Å². The number of anilines is 2. The van der Waals surface area contributed by atoms with Gasteiger partial charge in [0, 0.05) is 28.3 Å². The number of thioether (sulfide) groups is 1. The lowest BCUT2D eigenvalue weighted by atomic mass is 10.1. The van der Waals surface area contributed by atoms with Gasteiger partial charge in [-0.25, -0.2) is 0 Å². The van der Waals surface area contributed by atoms with Gasteiger partial charge in [0.2, 0.25) is 5.91 Å². The van der Waals surface area contributed by atoms with Crippen molar-refractivity contribution in [1.82, 2.24) is 5.32 Å². The summed E-state index contributed by atoms with van der Waals surface area (Å²) in [7, 11) is 0. The van der Waals surface area contributed by atoms with Crippen molar-refractivity contribution >= 4 is 52.6 Å². The number of ether oxygens (including phenoxy) is 1. The summed E-state index contributed by atoms with van der Waals surface area (Å²) >= 11 is 1.36. The summed E-state index contributed by atoms with van der Waals surface area (Å²) in [5.41, 5.74) is 1.71. The van der Waals surface area contributed by atoms with Gasteiger partial charge < -0.3 is 20.7 Å². The van der Waals surface area contributed by atoms with Crippen LogP contribution in [0.5, 0.6) is 5.75 Å². The second-order valence-electron chi connectivity index (χ2n) is 9.64. The molecule has 10 nitrogen and oxygen atoms in total. The van der Waals surface area contributed by atoms with E-state index in [9.17, 15) is 24.5 Å². The number of carbonyl (C=O) groups is 3. The molecular formula is C34H32N4O6S. The second-order valence-corrected chi connectivity index (χ2v) is 10.9. The third-order valence-electron chi connectivity index (χ3n) is 6.42. The number of para-hydroxylation sites is 2. The SMILES string of the molecule is CCOc1ccccc1NC(=O)C(CC)Sc1cccc(NC(=O)/C(=C\c2ccc([N+](=O)[O-])cc2)NC(=O)c2ccccc2)c1. The van der Waals surface area contributed by atoms with Crippen LogP contribution in [-0.4, -0.2) is 34.5 Å². The third kappa shape index (κ3) is 9.28. The minimum absolute atomic E-state index is 0.0606. The summed E-state index contributed by atoms with van der Waals surface area (Å²) in [6, 6.07) is 28.3. The van der Waals surface area contributed by atoms with Crippen molar-refractivity contribution in [3.8, 4) is 5.75 Å². The summed E-state index contributed by atoms with van der Waals surface area (Å²) in [5, 5.41) is 19.1. The molecule has 0 saturated heterocycles. The fraction of sp³-hybridized carbons (Fsp3) is 0.147. The number of benzene rings is 4. The lowest BCUT2D eigenvalue weighted by Crippen LogP contribution is -2.30. The predicted octanol–water partition coefficient (Wildman–Crippen LogP) is 6.91. The predicted molar refractivity (Wildman–Crippen MR) is 176 cm³/mol. The summed E-state index contributed by atoms with van der Waals surface area (Å²) < 4.78 is 5.62. The number of rotatable bonds is 13. The van der Waals surface area contributed by atoms with Crippen molar-refractivity contribution in [3.05, 3.63) is 130 Å². The molecule has 0 bridgehead atoms. The van der Waals surface area contributed by atoms with Crippen molar-refractivity contribution in [3.63, 3.8) is 0 Å². The number of nitro groups is 1. The van der Waals surface area contributed by atoms with Gasteiger partial charge in [-0.2, -0.15) is 0 Å². The van der Waals surface area contributed by atoms with Crippen LogP contribution in [0, 0.1) is 10.1 Å². The van der Waals surface area contributed by atoms with Gasteiger partial charge in [-0.05, 0) is 79.6 Å². The number of hydrogen-bond acceptors (Lipinski definition) is 7. The fourth-order valence-electron chi connectivity index (χ4n) is 4.20. The lowest BCUT2D eigenvalue weighted by Gasteiger charge is -2.17. The standard InChI is InChI=1S/C34H32N4O6S/c1-3-31(34(41)36-28-15-8-9-16-30(28)44-4-2)45-27-14-10-13-25(22-27)35-33(40)29(37-32(39)24-11-6-5-7-12-24)21-23-17-19-26(20-18-23)38(42)43/h5-22,31H,3-4H2,1-2H3,(H,35,40)(H,36,41)(H,37,39)/b29-21+. The van der Waals surface area contributed by atoms with Gasteiger partial charge in [0.15, 0.2) is 0 Å². The summed E-state index contributed by atoms with van der Waals surface area (Å²) in [4.78, 5) is 50.9. The molecule has 0 fully saturated rings. The van der Waals surface area contributed by atoms with E-state index in [0.717, 1.165) is 4.90 Å². The van der Waals surface area contributed by atoms with Crippen LogP contribution >= 0.6 is 11.8 Å². The van der Waals surface area contributed by atoms with Crippen molar-refractivity contribution < 1.29 is 24.0 Å². The second kappa shape index (κ2) is 15.9. The topological polar surface area (TPSA) is 140 Å². The van der Waals surface area contributed by atoms with E-state index < -0.39 is 22.0 Å². The van der Waals surface area contributed by atoms with Gasteiger partial charge in [-0.3, -0.25) is 24.5 Å². The number of nitrogens with zero attached hydrogens (tertiary/aromatic N) is 1. The highest BCUT2D eigenvalue weighted by atomic mass is 32.2. The maximum absolute atomic E-state index is 13.5. The van der Waals surface area contributed by atoms with E-state index in [1.165, 1.54) is 42.1 Å². The zero-order valence-electron chi connectivity index (χ0n) is 24.7. The summed E-state index contributed by atoms with van der Waals surface area (Å²) in [6.07, 6.45) is 1.99. The largest absolute Gasteiger partial charge is 0.492 e. The van der Waals surface area contributed by atoms with E-state index in [4.69, 9.17) is 4.74 Å². The molecule has 0 aliphatic carbocycles. The Morgan fingerprint density at radius 2 is 1.60 bits per heavy atom. The fourth-order valence-corrected chi connectivity index (χ4v) is 5.21. The van der Waals surface area contributed by atoms with Crippen LogP contribution in [0.15, 0.2) is 114 Å². The molecule has 45 heavy (non-hydrogen) atoms. The zero-order chi connectivity index (χ0) is 32.2. The average Bonchev–Trinajstić information content (AvgIpc) is 3.05. The molecule has 11 heteroatoms. The smallest absolute Gasteiger partial charge is 0.272 e. The molecule has 4 aromatic rings. The Morgan fingerprint density at radius 3 is 2.29 bits per heavy atom. The molecule has 0 radical (unpaired) electrons. The Labute approximate surface area is 265 Å². The van der Waals surface area contributed by atoms with Crippen LogP contribution < -0.4 is 20.7 Å². The molecular weight excluding hydrogens is 592 g/mol. The molecule has 0 aliphatic rings. The van der Waals surface area contributed by atoms with Gasteiger partial charge in [-0.15, -0.1) is 11.8 Å². The van der Waals surface area contributed by atoms with Crippen LogP contribution in [0.3, 0.4) is 0 Å². The van der Waals surface area contributed by atoms with E-state index in [2.05, 4.69) is 16.0 Å². The van der Waals surface area contributed by atoms with E-state index in [1.807, 2.05) is 32.0 Å². The Balaban J connectivity index is 1.51. The van der Waals surface area contributed by atoms with Crippen LogP contribution in [0.4, 0.5) is 17.1 Å². The molecule has 0 heterocycles. The van der Waals surface area contributed by atoms with Gasteiger partial charge in [0.05, 0.1) is 22.5 Å². The first-order valence-corrected chi connectivity index (χ1v) is 15.1. The first kappa shape index (κ1) is 32.5. The number of nitrogens with one attached hydrogen (secondary N) is 3. The van der Waals surface area contributed by atoms with Crippen molar-refractivity contribution in [1.29, 1.82) is 0 Å². The van der Waals surface area contributed by atoms with E-state index in [-0.39, 0.29) is 17.3 Å². The first-order chi connectivity index (χ1) is 21.8. The van der Waals surface area contributed by atoms with E-state index >= 15 is 0 Å². The lowest BCUT2D eigenvalue weighted by molar-refractivity contribution is -0.384. The van der Waals surface area contributed by atoms with Gasteiger partial charge in [-0.1, -0.05) is 43.3 Å². The molecule has 3 amide bonds. The van der Waals surface area contributed by atoms with Crippen molar-refractivity contribution in [2.75, 3.05) is 17.2 Å². The van der Waals surface area contributed by atoms with Gasteiger partial charge in [0.25, 0.3) is 17.5 Å². The third-order valence-corrected chi connectivity index (χ3v) is 7.78. The molecule has 4 rings (SSSR count). The van der Waals surface area contributed by atoms with Crippen LogP contribution in [0.25, 0.3) is 6.08 Å². The normalized spacial score (nSPS) is 11.6. The molecule has 3 N–H and O–H groups in total. The van der Waals surface area contributed by atoms with E-state index in [0.29, 0.717) is 41.3 Å². The molecule has 0 spiro atoms. The van der Waals surface area contributed by atoms with Crippen LogP contribution in [0.1, 0.15) is 36.2 Å². The Morgan fingerprint density at radius 1 is 0.889 bits per heavy atom. The summed E-state index contributed by atoms with van der Waals surface area (Å²) in [6.45, 7) is 4.26. The quantitative estimate of drug-likeness (QED) is 0.0635. The van der Waals surface area contributed by atoms with Gasteiger partial charge in [0.1, 0.15) is 11.4 Å². The zero-order valence-corrected chi connectivity index (χ0v) is 25.5. The molecule has 230 valence electrons. The molecule has 1 unspecified atom stereocenters. The maximum atomic E-state index is 13.5. The maximum Gasteiger partial charge on any atom is 0.272 e. The number of non-ortho nitro benzene ring substituents is 1. The van der Waals surface area contributed by atoms with Crippen LogP contribution in [0.2, 0.25) is 0 Å². The molecule has 0 saturated carbocycles. The Hall–Kier alpha value is -5.42. The highest BCUT2D eigenvalue weighted by Crippen LogP contribution is 2.30. The average molecular weight is 625 g/mol. The first-order valence-electron chi connectivity index (χ1n) is 14.2. The molecule has 0 aliphatic heterocycles. The van der Waals surface area contributed by atoms with Crippen molar-refractivity contribution in [2.24, 2.45) is 0 Å². The van der Waals surface area contributed by atoms with Crippen LogP contribution in [-0.2, 0) is 9.59 Å². The minimum atomic E-state index is -0.600. The Kier molecular flexibility index (Phi) is 11.5. The highest BCUT2D eigenvalue weighted by Gasteiger charge is 2.20. The number of amides is 3. The summed E-state index contributed by atoms with van der Waals surface area (Å²) in [5.74, 6) is -0.682. The molecule has 4 aromatic carbocycles. The number of hydrogen-bond donors (Lipinski definition) is 3. The minimum Gasteiger partial charge on any atom is -0.492 e. The highest BCUT2D eigenvalue weighted by molar-refractivity contribution is 8.00. The van der Waals surface area contributed by atoms with E-state index in [1.54, 1.807) is 60.7 Å².